The van der Waals surface area contributed by atoms with Crippen LogP contribution in [-0.2, 0) is 12.8 Å². The Balaban J connectivity index is 2.31. The van der Waals surface area contributed by atoms with Gasteiger partial charge in [-0.1, -0.05) is 22.4 Å². The largest absolute Gasteiger partial charge is 0.354 e. The molecule has 19 heavy (non-hydrogen) atoms. The predicted octanol–water partition coefficient (Wildman–Crippen LogP) is 3.75. The number of alkyl halides is 1. The molecular weight excluding hydrogens is 302 g/mol. The minimum Gasteiger partial charge on any atom is -0.354 e. The van der Waals surface area contributed by atoms with Gasteiger partial charge in [0.25, 0.3) is 0 Å². The summed E-state index contributed by atoms with van der Waals surface area (Å²) in [5.41, 5.74) is 2.69. The van der Waals surface area contributed by atoms with Crippen molar-refractivity contribution in [3.8, 4) is 0 Å². The Morgan fingerprint density at radius 2 is 2.00 bits per heavy atom. The van der Waals surface area contributed by atoms with Gasteiger partial charge in [-0.15, -0.1) is 0 Å². The zero-order valence-electron chi connectivity index (χ0n) is 12.0. The van der Waals surface area contributed by atoms with Gasteiger partial charge in [-0.3, -0.25) is 0 Å². The molecule has 2 rings (SSSR count). The van der Waals surface area contributed by atoms with Gasteiger partial charge in [-0.25, -0.2) is 9.97 Å². The molecule has 0 aromatic carbocycles. The van der Waals surface area contributed by atoms with Crippen LogP contribution < -0.4 is 4.90 Å². The highest BCUT2D eigenvalue weighted by molar-refractivity contribution is 9.09. The number of anilines is 1. The highest BCUT2D eigenvalue weighted by atomic mass is 79.9. The van der Waals surface area contributed by atoms with E-state index in [9.17, 15) is 0 Å². The number of aromatic nitrogens is 2. The smallest absolute Gasteiger partial charge is 0.135 e. The van der Waals surface area contributed by atoms with E-state index in [1.807, 2.05) is 0 Å². The van der Waals surface area contributed by atoms with E-state index in [0.29, 0.717) is 6.04 Å². The van der Waals surface area contributed by atoms with Gasteiger partial charge in [0.1, 0.15) is 12.1 Å². The first kappa shape index (κ1) is 14.8. The predicted molar refractivity (Wildman–Crippen MR) is 84.2 cm³/mol. The van der Waals surface area contributed by atoms with Crippen LogP contribution in [0.4, 0.5) is 5.82 Å². The maximum Gasteiger partial charge on any atom is 0.135 e. The Hall–Kier alpha value is -0.640. The average Bonchev–Trinajstić information content (AvgIpc) is 2.64. The maximum absolute atomic E-state index is 4.61. The lowest BCUT2D eigenvalue weighted by molar-refractivity contribution is 0.656. The van der Waals surface area contributed by atoms with E-state index in [4.69, 9.17) is 0 Å². The second-order valence-corrected chi connectivity index (χ2v) is 6.31. The van der Waals surface area contributed by atoms with E-state index < -0.39 is 0 Å². The summed E-state index contributed by atoms with van der Waals surface area (Å²) in [7, 11) is 0. The van der Waals surface area contributed by atoms with E-state index in [0.717, 1.165) is 31.1 Å². The van der Waals surface area contributed by atoms with E-state index in [1.54, 1.807) is 6.33 Å². The maximum atomic E-state index is 4.61. The zero-order chi connectivity index (χ0) is 13.7. The van der Waals surface area contributed by atoms with Crippen molar-refractivity contribution in [3.63, 3.8) is 0 Å². The Morgan fingerprint density at radius 3 is 2.74 bits per heavy atom. The lowest BCUT2D eigenvalue weighted by atomic mass is 10.1. The van der Waals surface area contributed by atoms with E-state index >= 15 is 0 Å². The van der Waals surface area contributed by atoms with E-state index in [2.05, 4.69) is 44.6 Å². The van der Waals surface area contributed by atoms with Crippen molar-refractivity contribution in [2.24, 2.45) is 0 Å². The van der Waals surface area contributed by atoms with Gasteiger partial charge in [-0.05, 0) is 46.0 Å². The Bertz CT molecular complexity index is 406. The van der Waals surface area contributed by atoms with Crippen LogP contribution in [-0.4, -0.2) is 27.9 Å². The molecule has 0 spiro atoms. The summed E-state index contributed by atoms with van der Waals surface area (Å²) < 4.78 is 0. The van der Waals surface area contributed by atoms with Crippen LogP contribution in [0, 0.1) is 0 Å². The first-order valence-electron chi connectivity index (χ1n) is 7.39. The number of fused-ring (bicyclic) bond motifs is 1. The minimum atomic E-state index is 0.487. The second kappa shape index (κ2) is 7.22. The molecule has 1 aromatic heterocycles. The number of rotatable bonds is 5. The molecule has 3 nitrogen and oxygen atoms in total. The highest BCUT2D eigenvalue weighted by Crippen LogP contribution is 2.27. The Morgan fingerprint density at radius 1 is 1.21 bits per heavy atom. The normalized spacial score (nSPS) is 15.2. The van der Waals surface area contributed by atoms with Crippen LogP contribution in [0.25, 0.3) is 0 Å². The SMILES string of the molecule is CC(C)N(CCCBr)c1ncnc2c1CCCCC2. The fraction of sp³-hybridized carbons (Fsp3) is 0.733. The van der Waals surface area contributed by atoms with Gasteiger partial charge < -0.3 is 4.90 Å². The molecular formula is C15H24BrN3. The third-order valence-electron chi connectivity index (χ3n) is 3.78. The molecule has 0 unspecified atom stereocenters. The number of halogens is 1. The Kier molecular flexibility index (Phi) is 5.61. The molecule has 1 aromatic rings. The lowest BCUT2D eigenvalue weighted by Gasteiger charge is -2.30. The molecule has 0 radical (unpaired) electrons. The monoisotopic (exact) mass is 325 g/mol. The fourth-order valence-electron chi connectivity index (χ4n) is 2.77. The van der Waals surface area contributed by atoms with Gasteiger partial charge in [-0.2, -0.15) is 0 Å². The van der Waals surface area contributed by atoms with Gasteiger partial charge >= 0.3 is 0 Å². The van der Waals surface area contributed by atoms with Gasteiger partial charge in [0.15, 0.2) is 0 Å². The van der Waals surface area contributed by atoms with Crippen LogP contribution in [0.2, 0.25) is 0 Å². The molecule has 4 heteroatoms. The highest BCUT2D eigenvalue weighted by Gasteiger charge is 2.20. The van der Waals surface area contributed by atoms with Crippen molar-refractivity contribution in [1.82, 2.24) is 9.97 Å². The summed E-state index contributed by atoms with van der Waals surface area (Å²) in [6.07, 6.45) is 9.03. The quantitative estimate of drug-likeness (QED) is 0.610. The topological polar surface area (TPSA) is 29.0 Å². The van der Waals surface area contributed by atoms with Crippen molar-refractivity contribution < 1.29 is 0 Å². The van der Waals surface area contributed by atoms with Crippen LogP contribution in [0.15, 0.2) is 6.33 Å². The van der Waals surface area contributed by atoms with E-state index in [-0.39, 0.29) is 0 Å². The minimum absolute atomic E-state index is 0.487. The molecule has 0 saturated carbocycles. The van der Waals surface area contributed by atoms with Crippen molar-refractivity contribution in [2.45, 2.75) is 58.4 Å². The van der Waals surface area contributed by atoms with Gasteiger partial charge in [0.05, 0.1) is 0 Å². The lowest BCUT2D eigenvalue weighted by Crippen LogP contribution is -2.34. The van der Waals surface area contributed by atoms with Gasteiger partial charge in [0, 0.05) is 29.2 Å². The van der Waals surface area contributed by atoms with Crippen LogP contribution in [0.1, 0.15) is 50.8 Å². The second-order valence-electron chi connectivity index (χ2n) is 5.51. The van der Waals surface area contributed by atoms with Crippen molar-refractivity contribution in [2.75, 3.05) is 16.8 Å². The van der Waals surface area contributed by atoms with Crippen LogP contribution in [0.3, 0.4) is 0 Å². The summed E-state index contributed by atoms with van der Waals surface area (Å²) in [5, 5.41) is 1.05. The number of aryl methyl sites for hydroxylation is 1. The molecule has 1 aliphatic carbocycles. The Labute approximate surface area is 125 Å². The summed E-state index contributed by atoms with van der Waals surface area (Å²) in [4.78, 5) is 11.6. The molecule has 1 heterocycles. The van der Waals surface area contributed by atoms with Crippen LogP contribution in [0.5, 0.6) is 0 Å². The van der Waals surface area contributed by atoms with Gasteiger partial charge in [0.2, 0.25) is 0 Å². The molecule has 0 aliphatic heterocycles. The molecule has 0 atom stereocenters. The fourth-order valence-corrected chi connectivity index (χ4v) is 3.02. The zero-order valence-corrected chi connectivity index (χ0v) is 13.6. The molecule has 106 valence electrons. The first-order valence-corrected chi connectivity index (χ1v) is 8.51. The average molecular weight is 326 g/mol. The summed E-state index contributed by atoms with van der Waals surface area (Å²) in [6, 6.07) is 0.487. The standard InChI is InChI=1S/C15H24BrN3/c1-12(2)19(10-6-9-16)15-13-7-4-3-5-8-14(13)17-11-18-15/h11-12H,3-10H2,1-2H3. The summed E-state index contributed by atoms with van der Waals surface area (Å²) >= 11 is 3.53. The molecule has 0 bridgehead atoms. The molecule has 0 fully saturated rings. The molecule has 0 N–H and O–H groups in total. The molecule has 0 amide bonds. The van der Waals surface area contributed by atoms with E-state index in [1.165, 1.54) is 36.3 Å². The number of hydrogen-bond donors (Lipinski definition) is 0. The van der Waals surface area contributed by atoms with Crippen molar-refractivity contribution in [1.29, 1.82) is 0 Å². The molecule has 1 aliphatic rings. The van der Waals surface area contributed by atoms with Crippen LogP contribution >= 0.6 is 15.9 Å². The third kappa shape index (κ3) is 3.68. The summed E-state index contributed by atoms with van der Waals surface area (Å²) in [5.74, 6) is 1.18. The van der Waals surface area contributed by atoms with Crippen molar-refractivity contribution in [3.05, 3.63) is 17.6 Å². The number of nitrogens with zero attached hydrogens (tertiary/aromatic N) is 3. The number of hydrogen-bond acceptors (Lipinski definition) is 3. The van der Waals surface area contributed by atoms with Crippen molar-refractivity contribution >= 4 is 21.7 Å². The summed E-state index contributed by atoms with van der Waals surface area (Å²) in [6.45, 7) is 5.56. The third-order valence-corrected chi connectivity index (χ3v) is 4.34. The molecule has 0 saturated heterocycles. The first-order chi connectivity index (χ1) is 9.24.